The molecule has 0 atom stereocenters. The maximum absolute atomic E-state index is 6.01. The lowest BCUT2D eigenvalue weighted by molar-refractivity contribution is 0.665. The zero-order valence-corrected chi connectivity index (χ0v) is 12.2. The molecule has 0 bridgehead atoms. The van der Waals surface area contributed by atoms with Crippen molar-refractivity contribution in [3.05, 3.63) is 40.9 Å². The van der Waals surface area contributed by atoms with E-state index in [0.717, 1.165) is 34.8 Å². The SMILES string of the molecule is Cc1nccn1CCN(C)c1ccc(Br)cc1N. The normalized spacial score (nSPS) is 10.6. The molecule has 0 aliphatic rings. The monoisotopic (exact) mass is 308 g/mol. The minimum atomic E-state index is 0.786. The van der Waals surface area contributed by atoms with Crippen LogP contribution in [0.3, 0.4) is 0 Å². The third-order valence-electron chi connectivity index (χ3n) is 3.00. The Balaban J connectivity index is 2.03. The summed E-state index contributed by atoms with van der Waals surface area (Å²) in [5.74, 6) is 1.03. The van der Waals surface area contributed by atoms with Gasteiger partial charge in [0, 0.05) is 37.0 Å². The van der Waals surface area contributed by atoms with Crippen molar-refractivity contribution < 1.29 is 0 Å². The van der Waals surface area contributed by atoms with Crippen molar-refractivity contribution in [3.8, 4) is 0 Å². The van der Waals surface area contributed by atoms with E-state index >= 15 is 0 Å². The molecule has 96 valence electrons. The maximum Gasteiger partial charge on any atom is 0.105 e. The molecular weight excluding hydrogens is 292 g/mol. The molecule has 18 heavy (non-hydrogen) atoms. The highest BCUT2D eigenvalue weighted by molar-refractivity contribution is 9.10. The van der Waals surface area contributed by atoms with Gasteiger partial charge in [0.2, 0.25) is 0 Å². The van der Waals surface area contributed by atoms with Crippen LogP contribution in [0.5, 0.6) is 0 Å². The van der Waals surface area contributed by atoms with Crippen LogP contribution < -0.4 is 10.6 Å². The standard InChI is InChI=1S/C13H17BrN4/c1-10-16-5-6-18(10)8-7-17(2)13-4-3-11(14)9-12(13)15/h3-6,9H,7-8,15H2,1-2H3. The summed E-state index contributed by atoms with van der Waals surface area (Å²) >= 11 is 3.41. The molecule has 4 nitrogen and oxygen atoms in total. The number of hydrogen-bond acceptors (Lipinski definition) is 3. The van der Waals surface area contributed by atoms with Crippen molar-refractivity contribution in [1.29, 1.82) is 0 Å². The Morgan fingerprint density at radius 1 is 1.44 bits per heavy atom. The summed E-state index contributed by atoms with van der Waals surface area (Å²) in [5, 5.41) is 0. The molecule has 5 heteroatoms. The molecule has 2 N–H and O–H groups in total. The van der Waals surface area contributed by atoms with E-state index in [1.54, 1.807) is 0 Å². The summed E-state index contributed by atoms with van der Waals surface area (Å²) in [6, 6.07) is 5.96. The van der Waals surface area contributed by atoms with Crippen LogP contribution >= 0.6 is 15.9 Å². The Hall–Kier alpha value is -1.49. The first-order valence-corrected chi connectivity index (χ1v) is 6.61. The number of imidazole rings is 1. The number of benzene rings is 1. The van der Waals surface area contributed by atoms with Crippen LogP contribution in [0.25, 0.3) is 0 Å². The first-order valence-electron chi connectivity index (χ1n) is 5.82. The van der Waals surface area contributed by atoms with E-state index in [2.05, 4.69) is 30.4 Å². The summed E-state index contributed by atoms with van der Waals surface area (Å²) < 4.78 is 3.13. The molecule has 0 aliphatic heterocycles. The highest BCUT2D eigenvalue weighted by atomic mass is 79.9. The number of nitrogens with zero attached hydrogens (tertiary/aromatic N) is 3. The molecular formula is C13H17BrN4. The van der Waals surface area contributed by atoms with Crippen LogP contribution in [-0.2, 0) is 6.54 Å². The van der Waals surface area contributed by atoms with Gasteiger partial charge >= 0.3 is 0 Å². The number of aromatic nitrogens is 2. The first kappa shape index (κ1) is 13.0. The number of likely N-dealkylation sites (N-methyl/N-ethyl adjacent to an activating group) is 1. The van der Waals surface area contributed by atoms with Gasteiger partial charge in [-0.15, -0.1) is 0 Å². The van der Waals surface area contributed by atoms with Crippen LogP contribution in [0.15, 0.2) is 35.1 Å². The third-order valence-corrected chi connectivity index (χ3v) is 3.49. The highest BCUT2D eigenvalue weighted by Crippen LogP contribution is 2.25. The lowest BCUT2D eigenvalue weighted by atomic mass is 10.2. The van der Waals surface area contributed by atoms with E-state index in [1.165, 1.54) is 0 Å². The second-order valence-corrected chi connectivity index (χ2v) is 5.21. The van der Waals surface area contributed by atoms with Gasteiger partial charge in [-0.1, -0.05) is 15.9 Å². The molecule has 0 fully saturated rings. The number of rotatable bonds is 4. The number of aryl methyl sites for hydroxylation is 1. The molecule has 2 aromatic rings. The average molecular weight is 309 g/mol. The molecule has 1 heterocycles. The van der Waals surface area contributed by atoms with Crippen LogP contribution in [0, 0.1) is 6.92 Å². The zero-order chi connectivity index (χ0) is 13.1. The fraction of sp³-hybridized carbons (Fsp3) is 0.308. The summed E-state index contributed by atoms with van der Waals surface area (Å²) in [5.41, 5.74) is 7.85. The van der Waals surface area contributed by atoms with Crippen molar-refractivity contribution in [2.24, 2.45) is 0 Å². The Labute approximate surface area is 116 Å². The predicted octanol–water partition coefficient (Wildman–Crippen LogP) is 2.67. The molecule has 0 unspecified atom stereocenters. The van der Waals surface area contributed by atoms with Gasteiger partial charge in [0.25, 0.3) is 0 Å². The van der Waals surface area contributed by atoms with Gasteiger partial charge in [0.1, 0.15) is 5.82 Å². The number of hydrogen-bond donors (Lipinski definition) is 1. The lowest BCUT2D eigenvalue weighted by Gasteiger charge is -2.21. The van der Waals surface area contributed by atoms with E-state index in [1.807, 2.05) is 44.6 Å². The molecule has 0 saturated carbocycles. The minimum Gasteiger partial charge on any atom is -0.397 e. The molecule has 0 radical (unpaired) electrons. The third kappa shape index (κ3) is 2.85. The van der Waals surface area contributed by atoms with Crippen molar-refractivity contribution in [2.45, 2.75) is 13.5 Å². The summed E-state index contributed by atoms with van der Waals surface area (Å²) in [4.78, 5) is 6.36. The maximum atomic E-state index is 6.01. The van der Waals surface area contributed by atoms with Crippen molar-refractivity contribution in [3.63, 3.8) is 0 Å². The number of halogens is 1. The van der Waals surface area contributed by atoms with E-state index in [0.29, 0.717) is 0 Å². The van der Waals surface area contributed by atoms with Crippen LogP contribution in [0.1, 0.15) is 5.82 Å². The Morgan fingerprint density at radius 2 is 2.22 bits per heavy atom. The van der Waals surface area contributed by atoms with Crippen molar-refractivity contribution >= 4 is 27.3 Å². The van der Waals surface area contributed by atoms with E-state index in [9.17, 15) is 0 Å². The second kappa shape index (κ2) is 5.44. The first-order chi connectivity index (χ1) is 8.58. The molecule has 1 aromatic carbocycles. The fourth-order valence-electron chi connectivity index (χ4n) is 1.89. The average Bonchev–Trinajstić information content (AvgIpc) is 2.72. The van der Waals surface area contributed by atoms with Gasteiger partial charge in [-0.25, -0.2) is 4.98 Å². The molecule has 0 saturated heterocycles. The molecule has 0 aliphatic carbocycles. The fourth-order valence-corrected chi connectivity index (χ4v) is 2.27. The largest absolute Gasteiger partial charge is 0.397 e. The van der Waals surface area contributed by atoms with E-state index in [-0.39, 0.29) is 0 Å². The molecule has 1 aromatic heterocycles. The van der Waals surface area contributed by atoms with Crippen molar-refractivity contribution in [2.75, 3.05) is 24.2 Å². The Morgan fingerprint density at radius 3 is 2.83 bits per heavy atom. The van der Waals surface area contributed by atoms with Crippen molar-refractivity contribution in [1.82, 2.24) is 9.55 Å². The summed E-state index contributed by atoms with van der Waals surface area (Å²) in [7, 11) is 2.05. The number of anilines is 2. The minimum absolute atomic E-state index is 0.786. The van der Waals surface area contributed by atoms with Gasteiger partial charge in [-0.3, -0.25) is 0 Å². The Kier molecular flexibility index (Phi) is 3.91. The molecule has 0 spiro atoms. The summed E-state index contributed by atoms with van der Waals surface area (Å²) in [6.45, 7) is 3.80. The molecule has 0 amide bonds. The van der Waals surface area contributed by atoms with Crippen LogP contribution in [0.4, 0.5) is 11.4 Å². The topological polar surface area (TPSA) is 47.1 Å². The van der Waals surface area contributed by atoms with Gasteiger partial charge < -0.3 is 15.2 Å². The second-order valence-electron chi connectivity index (χ2n) is 4.29. The van der Waals surface area contributed by atoms with Gasteiger partial charge in [0.15, 0.2) is 0 Å². The zero-order valence-electron chi connectivity index (χ0n) is 10.6. The Bertz CT molecular complexity index is 536. The van der Waals surface area contributed by atoms with E-state index in [4.69, 9.17) is 5.73 Å². The highest BCUT2D eigenvalue weighted by Gasteiger charge is 2.06. The van der Waals surface area contributed by atoms with Gasteiger partial charge in [-0.2, -0.15) is 0 Å². The number of nitrogen functional groups attached to an aromatic ring is 1. The van der Waals surface area contributed by atoms with Crippen LogP contribution in [-0.4, -0.2) is 23.1 Å². The predicted molar refractivity (Wildman–Crippen MR) is 78.8 cm³/mol. The van der Waals surface area contributed by atoms with Gasteiger partial charge in [-0.05, 0) is 25.1 Å². The smallest absolute Gasteiger partial charge is 0.105 e. The number of nitrogens with two attached hydrogens (primary N) is 1. The quantitative estimate of drug-likeness (QED) is 0.883. The van der Waals surface area contributed by atoms with Crippen LogP contribution in [0.2, 0.25) is 0 Å². The lowest BCUT2D eigenvalue weighted by Crippen LogP contribution is -2.23. The molecule has 2 rings (SSSR count). The van der Waals surface area contributed by atoms with E-state index < -0.39 is 0 Å². The van der Waals surface area contributed by atoms with Gasteiger partial charge in [0.05, 0.1) is 11.4 Å². The summed E-state index contributed by atoms with van der Waals surface area (Å²) in [6.07, 6.45) is 3.82.